The van der Waals surface area contributed by atoms with Gasteiger partial charge in [0.25, 0.3) is 0 Å². The summed E-state index contributed by atoms with van der Waals surface area (Å²) in [4.78, 5) is 12.4. The Balaban J connectivity index is 1.47. The number of amides is 1. The molecule has 148 valence electrons. The number of benzene rings is 1. The Morgan fingerprint density at radius 2 is 1.85 bits per heavy atom. The monoisotopic (exact) mass is 410 g/mol. The highest BCUT2D eigenvalue weighted by atomic mass is 35.5. The van der Waals surface area contributed by atoms with Gasteiger partial charge in [-0.3, -0.25) is 4.79 Å². The number of hydrogen-bond donors (Lipinski definition) is 1. The maximum absolute atomic E-state index is 12.6. The highest BCUT2D eigenvalue weighted by Gasteiger charge is 2.31. The Morgan fingerprint density at radius 1 is 1.15 bits per heavy atom. The van der Waals surface area contributed by atoms with E-state index >= 15 is 0 Å². The summed E-state index contributed by atoms with van der Waals surface area (Å²) in [6, 6.07) is 6.87. The summed E-state index contributed by atoms with van der Waals surface area (Å²) in [5, 5.41) is 3.62. The van der Waals surface area contributed by atoms with Crippen molar-refractivity contribution >= 4 is 27.5 Å². The zero-order chi connectivity index (χ0) is 19.3. The van der Waals surface area contributed by atoms with E-state index in [0.29, 0.717) is 37.5 Å². The van der Waals surface area contributed by atoms with Gasteiger partial charge >= 0.3 is 0 Å². The Bertz CT molecular complexity index is 782. The van der Waals surface area contributed by atoms with E-state index in [4.69, 9.17) is 11.6 Å². The van der Waals surface area contributed by atoms with Crippen LogP contribution in [-0.2, 0) is 20.6 Å². The van der Waals surface area contributed by atoms with Crippen LogP contribution in [0.15, 0.2) is 35.9 Å². The molecule has 2 aliphatic rings. The molecule has 0 unspecified atom stereocenters. The molecule has 1 N–H and O–H groups in total. The first-order valence-electron chi connectivity index (χ1n) is 9.62. The van der Waals surface area contributed by atoms with Crippen LogP contribution >= 0.6 is 11.6 Å². The fraction of sp³-hybridized carbons (Fsp3) is 0.550. The van der Waals surface area contributed by atoms with Crippen molar-refractivity contribution in [1.82, 2.24) is 9.62 Å². The fourth-order valence-corrected chi connectivity index (χ4v) is 5.38. The van der Waals surface area contributed by atoms with E-state index in [0.717, 1.165) is 18.4 Å². The van der Waals surface area contributed by atoms with Gasteiger partial charge in [-0.25, -0.2) is 12.7 Å². The smallest absolute Gasteiger partial charge is 0.223 e. The van der Waals surface area contributed by atoms with E-state index in [2.05, 4.69) is 11.4 Å². The normalized spacial score (nSPS) is 19.5. The number of hydrogen-bond acceptors (Lipinski definition) is 3. The van der Waals surface area contributed by atoms with Crippen molar-refractivity contribution in [3.05, 3.63) is 46.5 Å². The molecule has 1 saturated heterocycles. The van der Waals surface area contributed by atoms with Crippen LogP contribution in [0.25, 0.3) is 0 Å². The van der Waals surface area contributed by atoms with Crippen molar-refractivity contribution < 1.29 is 13.2 Å². The molecule has 1 heterocycles. The Morgan fingerprint density at radius 3 is 2.48 bits per heavy atom. The number of halogens is 1. The summed E-state index contributed by atoms with van der Waals surface area (Å²) in [5.74, 6) is -0.0813. The van der Waals surface area contributed by atoms with Crippen LogP contribution in [0.5, 0.6) is 0 Å². The van der Waals surface area contributed by atoms with Crippen LogP contribution in [0, 0.1) is 5.92 Å². The molecule has 1 fully saturated rings. The number of rotatable bonds is 6. The molecule has 0 atom stereocenters. The van der Waals surface area contributed by atoms with Crippen LogP contribution in [0.3, 0.4) is 0 Å². The number of piperidine rings is 1. The second kappa shape index (κ2) is 9.22. The van der Waals surface area contributed by atoms with E-state index in [1.54, 1.807) is 24.3 Å². The van der Waals surface area contributed by atoms with E-state index in [-0.39, 0.29) is 17.6 Å². The summed E-state index contributed by atoms with van der Waals surface area (Å²) < 4.78 is 26.8. The number of allylic oxidation sites excluding steroid dienone is 1. The minimum Gasteiger partial charge on any atom is -0.352 e. The predicted molar refractivity (Wildman–Crippen MR) is 108 cm³/mol. The molecule has 1 amide bonds. The van der Waals surface area contributed by atoms with Crippen LogP contribution < -0.4 is 5.32 Å². The van der Waals surface area contributed by atoms with Crippen LogP contribution in [0.1, 0.15) is 44.1 Å². The van der Waals surface area contributed by atoms with Crippen LogP contribution in [0.4, 0.5) is 0 Å². The van der Waals surface area contributed by atoms with Gasteiger partial charge in [0.1, 0.15) is 0 Å². The lowest BCUT2D eigenvalue weighted by Crippen LogP contribution is -2.43. The third-order valence-electron chi connectivity index (χ3n) is 5.36. The lowest BCUT2D eigenvalue weighted by Gasteiger charge is -2.30. The number of carbonyl (C=O) groups is 1. The predicted octanol–water partition coefficient (Wildman–Crippen LogP) is 3.50. The third kappa shape index (κ3) is 5.80. The van der Waals surface area contributed by atoms with Crippen molar-refractivity contribution in [2.45, 2.75) is 44.3 Å². The highest BCUT2D eigenvalue weighted by Crippen LogP contribution is 2.23. The SMILES string of the molecule is O=C(NCC1=CCCCC1)C1CCN(S(=O)(=O)Cc2ccc(Cl)cc2)CC1. The molecule has 27 heavy (non-hydrogen) atoms. The van der Waals surface area contributed by atoms with Gasteiger partial charge in [-0.15, -0.1) is 0 Å². The van der Waals surface area contributed by atoms with E-state index in [9.17, 15) is 13.2 Å². The molecular formula is C20H27ClN2O3S. The summed E-state index contributed by atoms with van der Waals surface area (Å²) >= 11 is 5.85. The van der Waals surface area contributed by atoms with Gasteiger partial charge in [0, 0.05) is 30.6 Å². The number of nitrogens with zero attached hydrogens (tertiary/aromatic N) is 1. The molecular weight excluding hydrogens is 384 g/mol. The zero-order valence-electron chi connectivity index (χ0n) is 15.5. The van der Waals surface area contributed by atoms with Gasteiger partial charge in [-0.05, 0) is 56.2 Å². The molecule has 0 spiro atoms. The zero-order valence-corrected chi connectivity index (χ0v) is 17.1. The molecule has 0 aromatic heterocycles. The molecule has 0 radical (unpaired) electrons. The van der Waals surface area contributed by atoms with E-state index in [1.807, 2.05) is 0 Å². The lowest BCUT2D eigenvalue weighted by molar-refractivity contribution is -0.125. The van der Waals surface area contributed by atoms with Crippen LogP contribution in [0.2, 0.25) is 5.02 Å². The topological polar surface area (TPSA) is 66.5 Å². The second-order valence-corrected chi connectivity index (χ2v) is 9.79. The Kier molecular flexibility index (Phi) is 6.95. The first-order valence-corrected chi connectivity index (χ1v) is 11.6. The third-order valence-corrected chi connectivity index (χ3v) is 7.46. The largest absolute Gasteiger partial charge is 0.352 e. The second-order valence-electron chi connectivity index (χ2n) is 7.38. The molecule has 0 saturated carbocycles. The van der Waals surface area contributed by atoms with E-state index < -0.39 is 10.0 Å². The summed E-state index contributed by atoms with van der Waals surface area (Å²) in [5.41, 5.74) is 2.04. The van der Waals surface area contributed by atoms with Crippen molar-refractivity contribution in [2.24, 2.45) is 5.92 Å². The number of carbonyl (C=O) groups excluding carboxylic acids is 1. The van der Waals surface area contributed by atoms with Crippen molar-refractivity contribution in [1.29, 1.82) is 0 Å². The molecule has 7 heteroatoms. The van der Waals surface area contributed by atoms with Gasteiger partial charge in [0.05, 0.1) is 5.75 Å². The first-order chi connectivity index (χ1) is 12.9. The molecule has 1 aromatic rings. The van der Waals surface area contributed by atoms with Gasteiger partial charge in [0.15, 0.2) is 0 Å². The van der Waals surface area contributed by atoms with Gasteiger partial charge in [-0.1, -0.05) is 35.4 Å². The fourth-order valence-electron chi connectivity index (χ4n) is 3.69. The van der Waals surface area contributed by atoms with E-state index in [1.165, 1.54) is 22.7 Å². The number of nitrogens with one attached hydrogen (secondary N) is 1. The molecule has 3 rings (SSSR count). The summed E-state index contributed by atoms with van der Waals surface area (Å²) in [6.07, 6.45) is 7.99. The Hall–Kier alpha value is -1.37. The average molecular weight is 411 g/mol. The lowest BCUT2D eigenvalue weighted by atomic mass is 9.96. The van der Waals surface area contributed by atoms with Gasteiger partial charge in [-0.2, -0.15) is 0 Å². The summed E-state index contributed by atoms with van der Waals surface area (Å²) in [6.45, 7) is 1.43. The molecule has 1 aliphatic heterocycles. The van der Waals surface area contributed by atoms with Crippen molar-refractivity contribution in [3.8, 4) is 0 Å². The van der Waals surface area contributed by atoms with Crippen molar-refractivity contribution in [3.63, 3.8) is 0 Å². The first kappa shape index (κ1) is 20.4. The molecule has 1 aromatic carbocycles. The maximum atomic E-state index is 12.6. The molecule has 5 nitrogen and oxygen atoms in total. The highest BCUT2D eigenvalue weighted by molar-refractivity contribution is 7.88. The quantitative estimate of drug-likeness (QED) is 0.730. The Labute approximate surface area is 166 Å². The maximum Gasteiger partial charge on any atom is 0.223 e. The van der Waals surface area contributed by atoms with Crippen molar-refractivity contribution in [2.75, 3.05) is 19.6 Å². The molecule has 0 bridgehead atoms. The molecule has 1 aliphatic carbocycles. The minimum atomic E-state index is -3.38. The van der Waals surface area contributed by atoms with Gasteiger partial charge < -0.3 is 5.32 Å². The standard InChI is InChI=1S/C20H27ClN2O3S/c21-19-8-6-17(7-9-19)15-27(25,26)23-12-10-18(11-13-23)20(24)22-14-16-4-2-1-3-5-16/h4,6-9,18H,1-3,5,10-15H2,(H,22,24). The number of sulfonamides is 1. The summed E-state index contributed by atoms with van der Waals surface area (Å²) in [7, 11) is -3.38. The van der Waals surface area contributed by atoms with Crippen LogP contribution in [-0.4, -0.2) is 38.3 Å². The van der Waals surface area contributed by atoms with Gasteiger partial charge in [0.2, 0.25) is 15.9 Å². The minimum absolute atomic E-state index is 0.0326. The average Bonchev–Trinajstić information content (AvgIpc) is 2.69.